The molecule has 1 aromatic rings. The minimum absolute atomic E-state index is 0.0166. The highest BCUT2D eigenvalue weighted by Crippen LogP contribution is 2.15. The summed E-state index contributed by atoms with van der Waals surface area (Å²) >= 11 is 0. The molecule has 1 unspecified atom stereocenters. The van der Waals surface area contributed by atoms with Crippen molar-refractivity contribution in [2.75, 3.05) is 26.2 Å². The zero-order valence-corrected chi connectivity index (χ0v) is 11.2. The van der Waals surface area contributed by atoms with Crippen molar-refractivity contribution in [2.24, 2.45) is 13.0 Å². The zero-order valence-electron chi connectivity index (χ0n) is 11.2. The van der Waals surface area contributed by atoms with E-state index >= 15 is 0 Å². The van der Waals surface area contributed by atoms with Gasteiger partial charge in [-0.05, 0) is 31.8 Å². The topological polar surface area (TPSA) is 50.2 Å². The molecule has 0 saturated carbocycles. The number of amides is 1. The standard InChI is InChI=1S/C13H22N4O/c1-3-5-17-6-4-11(9-17)7-14-13(18)12-8-15-16(2)10-12/h8,10-11H,3-7,9H2,1-2H3,(H,14,18). The molecule has 100 valence electrons. The minimum Gasteiger partial charge on any atom is -0.352 e. The van der Waals surface area contributed by atoms with Gasteiger partial charge in [-0.25, -0.2) is 0 Å². The van der Waals surface area contributed by atoms with Gasteiger partial charge in [0.15, 0.2) is 0 Å². The Kier molecular flexibility index (Phi) is 4.36. The van der Waals surface area contributed by atoms with Crippen LogP contribution in [0.2, 0.25) is 0 Å². The Balaban J connectivity index is 1.74. The number of rotatable bonds is 5. The number of carbonyl (C=O) groups is 1. The van der Waals surface area contributed by atoms with Crippen molar-refractivity contribution in [1.82, 2.24) is 20.0 Å². The van der Waals surface area contributed by atoms with Gasteiger partial charge >= 0.3 is 0 Å². The predicted octanol–water partition coefficient (Wildman–Crippen LogP) is 0.882. The summed E-state index contributed by atoms with van der Waals surface area (Å²) < 4.78 is 1.65. The van der Waals surface area contributed by atoms with Crippen LogP contribution in [0.4, 0.5) is 0 Å². The van der Waals surface area contributed by atoms with Gasteiger partial charge in [0.1, 0.15) is 0 Å². The van der Waals surface area contributed by atoms with Gasteiger partial charge in [-0.15, -0.1) is 0 Å². The molecule has 5 nitrogen and oxygen atoms in total. The summed E-state index contributed by atoms with van der Waals surface area (Å²) in [4.78, 5) is 14.3. The maximum absolute atomic E-state index is 11.8. The van der Waals surface area contributed by atoms with Gasteiger partial charge < -0.3 is 10.2 Å². The van der Waals surface area contributed by atoms with Crippen molar-refractivity contribution in [2.45, 2.75) is 19.8 Å². The van der Waals surface area contributed by atoms with Crippen molar-refractivity contribution < 1.29 is 4.79 Å². The van der Waals surface area contributed by atoms with Crippen molar-refractivity contribution in [3.63, 3.8) is 0 Å². The summed E-state index contributed by atoms with van der Waals surface area (Å²) in [6.45, 7) is 6.43. The van der Waals surface area contributed by atoms with Gasteiger partial charge in [0.05, 0.1) is 11.8 Å². The molecule has 18 heavy (non-hydrogen) atoms. The molecule has 0 spiro atoms. The average Bonchev–Trinajstić information content (AvgIpc) is 2.96. The second-order valence-corrected chi connectivity index (χ2v) is 5.07. The molecule has 1 aliphatic rings. The number of hydrogen-bond acceptors (Lipinski definition) is 3. The van der Waals surface area contributed by atoms with E-state index in [4.69, 9.17) is 0 Å². The number of nitrogens with zero attached hydrogens (tertiary/aromatic N) is 3. The lowest BCUT2D eigenvalue weighted by molar-refractivity contribution is 0.0947. The third kappa shape index (κ3) is 3.32. The number of hydrogen-bond donors (Lipinski definition) is 1. The van der Waals surface area contributed by atoms with Crippen molar-refractivity contribution in [3.8, 4) is 0 Å². The molecule has 1 fully saturated rings. The molecule has 1 amide bonds. The molecule has 0 aromatic carbocycles. The van der Waals surface area contributed by atoms with Crippen LogP contribution in [-0.2, 0) is 7.05 Å². The van der Waals surface area contributed by atoms with E-state index in [1.54, 1.807) is 17.1 Å². The normalized spacial score (nSPS) is 20.2. The summed E-state index contributed by atoms with van der Waals surface area (Å²) in [5.41, 5.74) is 0.640. The average molecular weight is 250 g/mol. The molecule has 0 bridgehead atoms. The zero-order chi connectivity index (χ0) is 13.0. The third-order valence-electron chi connectivity index (χ3n) is 3.43. The first-order valence-corrected chi connectivity index (χ1v) is 6.68. The SMILES string of the molecule is CCCN1CCC(CNC(=O)c2cnn(C)c2)C1. The van der Waals surface area contributed by atoms with Gasteiger partial charge in [-0.1, -0.05) is 6.92 Å². The molecule has 0 radical (unpaired) electrons. The Morgan fingerprint density at radius 1 is 1.61 bits per heavy atom. The fourth-order valence-corrected chi connectivity index (χ4v) is 2.48. The fourth-order valence-electron chi connectivity index (χ4n) is 2.48. The monoisotopic (exact) mass is 250 g/mol. The number of aryl methyl sites for hydroxylation is 1. The van der Waals surface area contributed by atoms with Crippen LogP contribution >= 0.6 is 0 Å². The lowest BCUT2D eigenvalue weighted by atomic mass is 10.1. The molecule has 2 rings (SSSR count). The number of nitrogens with one attached hydrogen (secondary N) is 1. The Bertz CT molecular complexity index is 401. The highest BCUT2D eigenvalue weighted by molar-refractivity contribution is 5.93. The summed E-state index contributed by atoms with van der Waals surface area (Å²) in [7, 11) is 1.82. The van der Waals surface area contributed by atoms with Gasteiger partial charge in [0, 0.05) is 26.3 Å². The van der Waals surface area contributed by atoms with Gasteiger partial charge in [0.2, 0.25) is 0 Å². The lowest BCUT2D eigenvalue weighted by Gasteiger charge is -2.14. The van der Waals surface area contributed by atoms with E-state index < -0.39 is 0 Å². The summed E-state index contributed by atoms with van der Waals surface area (Å²) in [6.07, 6.45) is 5.74. The minimum atomic E-state index is -0.0166. The maximum Gasteiger partial charge on any atom is 0.254 e. The van der Waals surface area contributed by atoms with Crippen LogP contribution in [0, 0.1) is 5.92 Å². The van der Waals surface area contributed by atoms with Crippen LogP contribution in [0.5, 0.6) is 0 Å². The fraction of sp³-hybridized carbons (Fsp3) is 0.692. The summed E-state index contributed by atoms with van der Waals surface area (Å²) in [5.74, 6) is 0.578. The summed E-state index contributed by atoms with van der Waals surface area (Å²) in [6, 6.07) is 0. The Morgan fingerprint density at radius 3 is 3.11 bits per heavy atom. The largest absolute Gasteiger partial charge is 0.352 e. The predicted molar refractivity (Wildman–Crippen MR) is 70.4 cm³/mol. The van der Waals surface area contributed by atoms with E-state index in [-0.39, 0.29) is 5.91 Å². The molecule has 1 aliphatic heterocycles. The van der Waals surface area contributed by atoms with Crippen molar-refractivity contribution in [3.05, 3.63) is 18.0 Å². The van der Waals surface area contributed by atoms with Crippen LogP contribution in [0.25, 0.3) is 0 Å². The van der Waals surface area contributed by atoms with E-state index in [9.17, 15) is 4.79 Å². The Hall–Kier alpha value is -1.36. The molecule has 1 atom stereocenters. The van der Waals surface area contributed by atoms with E-state index in [0.29, 0.717) is 11.5 Å². The molecule has 1 N–H and O–H groups in total. The van der Waals surface area contributed by atoms with E-state index in [2.05, 4.69) is 22.2 Å². The summed E-state index contributed by atoms with van der Waals surface area (Å²) in [5, 5.41) is 7.00. The number of likely N-dealkylation sites (tertiary alicyclic amines) is 1. The van der Waals surface area contributed by atoms with Crippen LogP contribution in [0.1, 0.15) is 30.1 Å². The second-order valence-electron chi connectivity index (χ2n) is 5.07. The van der Waals surface area contributed by atoms with E-state index in [1.165, 1.54) is 25.9 Å². The Morgan fingerprint density at radius 2 is 2.44 bits per heavy atom. The van der Waals surface area contributed by atoms with Crippen LogP contribution in [-0.4, -0.2) is 46.8 Å². The molecular formula is C13H22N4O. The van der Waals surface area contributed by atoms with Gasteiger partial charge in [0.25, 0.3) is 5.91 Å². The van der Waals surface area contributed by atoms with Crippen LogP contribution < -0.4 is 5.32 Å². The number of carbonyl (C=O) groups excluding carboxylic acids is 1. The Labute approximate surface area is 108 Å². The third-order valence-corrected chi connectivity index (χ3v) is 3.43. The van der Waals surface area contributed by atoms with E-state index in [0.717, 1.165) is 13.1 Å². The van der Waals surface area contributed by atoms with Gasteiger partial charge in [-0.3, -0.25) is 9.48 Å². The molecule has 1 saturated heterocycles. The smallest absolute Gasteiger partial charge is 0.254 e. The highest BCUT2D eigenvalue weighted by atomic mass is 16.1. The molecule has 1 aromatic heterocycles. The molecule has 2 heterocycles. The molecule has 5 heteroatoms. The first kappa shape index (κ1) is 13.1. The van der Waals surface area contributed by atoms with Crippen molar-refractivity contribution in [1.29, 1.82) is 0 Å². The van der Waals surface area contributed by atoms with Crippen molar-refractivity contribution >= 4 is 5.91 Å². The number of aromatic nitrogens is 2. The maximum atomic E-state index is 11.8. The molecular weight excluding hydrogens is 228 g/mol. The van der Waals surface area contributed by atoms with Crippen LogP contribution in [0.15, 0.2) is 12.4 Å². The highest BCUT2D eigenvalue weighted by Gasteiger charge is 2.22. The van der Waals surface area contributed by atoms with E-state index in [1.807, 2.05) is 7.05 Å². The lowest BCUT2D eigenvalue weighted by Crippen LogP contribution is -2.31. The second kappa shape index (κ2) is 6.00. The van der Waals surface area contributed by atoms with Crippen LogP contribution in [0.3, 0.4) is 0 Å². The molecule has 0 aliphatic carbocycles. The first-order chi connectivity index (χ1) is 8.69. The first-order valence-electron chi connectivity index (χ1n) is 6.68. The van der Waals surface area contributed by atoms with Gasteiger partial charge in [-0.2, -0.15) is 5.10 Å². The quantitative estimate of drug-likeness (QED) is 0.844.